The minimum Gasteiger partial charge on any atom is -0.463 e. The van der Waals surface area contributed by atoms with Crippen LogP contribution in [-0.4, -0.2) is 87.7 Å². The molecule has 2 saturated heterocycles. The van der Waals surface area contributed by atoms with Gasteiger partial charge in [0.2, 0.25) is 17.7 Å². The van der Waals surface area contributed by atoms with Crippen LogP contribution in [0.2, 0.25) is 0 Å². The number of ether oxygens (including phenoxy) is 2. The Morgan fingerprint density at radius 2 is 1.84 bits per heavy atom. The Labute approximate surface area is 260 Å². The highest BCUT2D eigenvalue weighted by atomic mass is 79.9. The first-order chi connectivity index (χ1) is 20.4. The Hall–Kier alpha value is -3.02. The standard InChI is InChI=1S/C32H40BrN3O7/c1-5-20(17-37)36-27-30(41)35(31(2,3)4)15-11-7-10-14-23(38)42-18-22(19-12-8-6-9-13-19)34-28(39)24-25(29(36)40)32(27)16-21(33)26(24)43-32/h6-9,11-13,16,20,22,24-27,37H,5,10,14-15,17-18H2,1-4H3,(H,34,39)/b11-7-/t20-,22+,24+,25-,26+,27+,32-/m0/s1. The lowest BCUT2D eigenvalue weighted by Gasteiger charge is -2.42. The molecule has 7 atom stereocenters. The van der Waals surface area contributed by atoms with Crippen LogP contribution >= 0.6 is 15.9 Å². The van der Waals surface area contributed by atoms with E-state index < -0.39 is 65.0 Å². The van der Waals surface area contributed by atoms with E-state index in [1.807, 2.05) is 70.2 Å². The third-order valence-corrected chi connectivity index (χ3v) is 9.63. The molecule has 2 N–H and O–H groups in total. The van der Waals surface area contributed by atoms with E-state index in [1.54, 1.807) is 11.0 Å². The molecule has 1 aromatic rings. The number of aliphatic hydroxyl groups excluding tert-OH is 1. The highest BCUT2D eigenvalue weighted by Crippen LogP contribution is 2.59. The number of benzene rings is 1. The second-order valence-corrected chi connectivity index (χ2v) is 13.5. The molecule has 0 aromatic heterocycles. The summed E-state index contributed by atoms with van der Waals surface area (Å²) in [6.07, 6.45) is 5.66. The number of rotatable bonds is 4. The molecule has 0 unspecified atom stereocenters. The quantitative estimate of drug-likeness (QED) is 0.377. The van der Waals surface area contributed by atoms with E-state index in [4.69, 9.17) is 9.47 Å². The van der Waals surface area contributed by atoms with Crippen molar-refractivity contribution in [3.63, 3.8) is 0 Å². The maximum atomic E-state index is 14.7. The number of nitrogens with one attached hydrogen (secondary N) is 1. The largest absolute Gasteiger partial charge is 0.463 e. The number of allylic oxidation sites excluding steroid dienone is 1. The SMILES string of the molecule is CC[C@@H](CO)N1C(=O)[C@@H]2[C@H]3C(=O)N[C@@H](c4ccccc4)COC(=O)CC/C=C\CN(C(C)(C)C)C(=O)[C@@H]1[C@]21C=C(Br)[C@H]3O1. The number of nitrogens with zero attached hydrogens (tertiary/aromatic N) is 2. The number of likely N-dealkylation sites (tertiary alicyclic amines) is 1. The van der Waals surface area contributed by atoms with Crippen molar-refractivity contribution in [2.75, 3.05) is 19.8 Å². The molecule has 5 bridgehead atoms. The highest BCUT2D eigenvalue weighted by molar-refractivity contribution is 9.11. The van der Waals surface area contributed by atoms with E-state index in [9.17, 15) is 24.3 Å². The lowest BCUT2D eigenvalue weighted by atomic mass is 9.73. The number of carbonyl (C=O) groups is 4. The zero-order chi connectivity index (χ0) is 31.1. The van der Waals surface area contributed by atoms with Crippen molar-refractivity contribution in [1.29, 1.82) is 0 Å². The van der Waals surface area contributed by atoms with Crippen molar-refractivity contribution in [3.05, 3.63) is 58.6 Å². The molecular weight excluding hydrogens is 618 g/mol. The molecule has 3 amide bonds. The summed E-state index contributed by atoms with van der Waals surface area (Å²) < 4.78 is 12.8. The van der Waals surface area contributed by atoms with Gasteiger partial charge in [0.15, 0.2) is 0 Å². The molecular formula is C32H40BrN3O7. The molecule has 0 radical (unpaired) electrons. The summed E-state index contributed by atoms with van der Waals surface area (Å²) in [4.78, 5) is 59.0. The first kappa shape index (κ1) is 31.4. The number of esters is 1. The van der Waals surface area contributed by atoms with Crippen molar-refractivity contribution in [1.82, 2.24) is 15.1 Å². The molecule has 2 fully saturated rings. The van der Waals surface area contributed by atoms with Gasteiger partial charge in [-0.1, -0.05) is 65.3 Å². The van der Waals surface area contributed by atoms with E-state index in [0.717, 1.165) is 5.56 Å². The number of carbonyl (C=O) groups excluding carboxylic acids is 4. The van der Waals surface area contributed by atoms with E-state index in [-0.39, 0.29) is 32.1 Å². The predicted molar refractivity (Wildman–Crippen MR) is 162 cm³/mol. The second-order valence-electron chi connectivity index (χ2n) is 12.6. The van der Waals surface area contributed by atoms with Gasteiger partial charge in [-0.05, 0) is 45.3 Å². The molecule has 1 aromatic carbocycles. The fourth-order valence-electron chi connectivity index (χ4n) is 6.81. The van der Waals surface area contributed by atoms with E-state index in [1.165, 1.54) is 4.90 Å². The van der Waals surface area contributed by atoms with Crippen LogP contribution in [0, 0.1) is 11.8 Å². The summed E-state index contributed by atoms with van der Waals surface area (Å²) in [5.74, 6) is -3.51. The third-order valence-electron chi connectivity index (χ3n) is 8.95. The van der Waals surface area contributed by atoms with Crippen molar-refractivity contribution < 1.29 is 33.8 Å². The number of aliphatic hydroxyl groups is 1. The average Bonchev–Trinajstić information content (AvgIpc) is 3.56. The van der Waals surface area contributed by atoms with Crippen LogP contribution in [0.25, 0.3) is 0 Å². The molecule has 0 aliphatic carbocycles. The summed E-state index contributed by atoms with van der Waals surface area (Å²) in [5, 5.41) is 13.4. The number of fused-ring (bicyclic) bond motifs is 2. The molecule has 4 aliphatic rings. The topological polar surface area (TPSA) is 125 Å². The van der Waals surface area contributed by atoms with Crippen LogP contribution in [0.5, 0.6) is 0 Å². The summed E-state index contributed by atoms with van der Waals surface area (Å²) in [5.41, 5.74) is -1.29. The second kappa shape index (κ2) is 12.2. The predicted octanol–water partition coefficient (Wildman–Crippen LogP) is 3.01. The van der Waals surface area contributed by atoms with E-state index in [0.29, 0.717) is 17.3 Å². The Kier molecular flexibility index (Phi) is 8.89. The number of halogens is 1. The Bertz CT molecular complexity index is 1320. The summed E-state index contributed by atoms with van der Waals surface area (Å²) in [6.45, 7) is 7.41. The van der Waals surface area contributed by atoms with Gasteiger partial charge in [0, 0.05) is 23.0 Å². The molecule has 4 heterocycles. The lowest BCUT2D eigenvalue weighted by molar-refractivity contribution is -0.153. The van der Waals surface area contributed by atoms with Gasteiger partial charge in [-0.15, -0.1) is 0 Å². The number of amides is 3. The zero-order valence-electron chi connectivity index (χ0n) is 25.0. The fourth-order valence-corrected chi connectivity index (χ4v) is 7.54. The number of hydrogen-bond donors (Lipinski definition) is 2. The van der Waals surface area contributed by atoms with E-state index >= 15 is 0 Å². The van der Waals surface area contributed by atoms with Crippen molar-refractivity contribution in [2.24, 2.45) is 11.8 Å². The fraction of sp³-hybridized carbons (Fsp3) is 0.562. The Morgan fingerprint density at radius 1 is 1.12 bits per heavy atom. The maximum absolute atomic E-state index is 14.7. The molecule has 232 valence electrons. The van der Waals surface area contributed by atoms with Crippen LogP contribution in [0.15, 0.2) is 53.0 Å². The van der Waals surface area contributed by atoms with Crippen molar-refractivity contribution in [2.45, 2.75) is 82.3 Å². The first-order valence-electron chi connectivity index (χ1n) is 14.9. The van der Waals surface area contributed by atoms with Gasteiger partial charge in [-0.25, -0.2) is 0 Å². The van der Waals surface area contributed by atoms with Crippen molar-refractivity contribution in [3.8, 4) is 0 Å². The third kappa shape index (κ3) is 5.55. The molecule has 4 aliphatic heterocycles. The van der Waals surface area contributed by atoms with Crippen LogP contribution in [-0.2, 0) is 28.7 Å². The summed E-state index contributed by atoms with van der Waals surface area (Å²) >= 11 is 3.58. The Morgan fingerprint density at radius 3 is 2.49 bits per heavy atom. The monoisotopic (exact) mass is 657 g/mol. The highest BCUT2D eigenvalue weighted by Gasteiger charge is 2.75. The molecule has 1 spiro atoms. The number of hydrogen-bond acceptors (Lipinski definition) is 7. The van der Waals surface area contributed by atoms with Crippen LogP contribution in [0.4, 0.5) is 0 Å². The molecule has 11 heteroatoms. The lowest BCUT2D eigenvalue weighted by Crippen LogP contribution is -2.61. The average molecular weight is 659 g/mol. The Balaban J connectivity index is 1.63. The minimum absolute atomic E-state index is 0.0786. The van der Waals surface area contributed by atoms with Crippen LogP contribution < -0.4 is 5.32 Å². The minimum atomic E-state index is -1.40. The van der Waals surface area contributed by atoms with Gasteiger partial charge < -0.3 is 29.7 Å². The van der Waals surface area contributed by atoms with E-state index in [2.05, 4.69) is 21.2 Å². The maximum Gasteiger partial charge on any atom is 0.306 e. The molecule has 43 heavy (non-hydrogen) atoms. The van der Waals surface area contributed by atoms with Crippen LogP contribution in [0.3, 0.4) is 0 Å². The zero-order valence-corrected chi connectivity index (χ0v) is 26.6. The van der Waals surface area contributed by atoms with Gasteiger partial charge in [0.25, 0.3) is 0 Å². The van der Waals surface area contributed by atoms with Gasteiger partial charge in [0.05, 0.1) is 30.5 Å². The van der Waals surface area contributed by atoms with Gasteiger partial charge >= 0.3 is 5.97 Å². The number of cyclic esters (lactones) is 1. The summed E-state index contributed by atoms with van der Waals surface area (Å²) in [6, 6.07) is 6.81. The molecule has 0 saturated carbocycles. The molecule has 5 rings (SSSR count). The normalized spacial score (nSPS) is 33.2. The first-order valence-corrected chi connectivity index (χ1v) is 15.7. The van der Waals surface area contributed by atoms with Gasteiger partial charge in [0.1, 0.15) is 24.4 Å². The molecule has 10 nitrogen and oxygen atoms in total. The van der Waals surface area contributed by atoms with Gasteiger partial charge in [-0.2, -0.15) is 0 Å². The smallest absolute Gasteiger partial charge is 0.306 e. The summed E-state index contributed by atoms with van der Waals surface area (Å²) in [7, 11) is 0. The van der Waals surface area contributed by atoms with Crippen molar-refractivity contribution >= 4 is 39.6 Å². The van der Waals surface area contributed by atoms with Crippen LogP contribution in [0.1, 0.15) is 58.6 Å². The van der Waals surface area contributed by atoms with Gasteiger partial charge in [-0.3, -0.25) is 19.2 Å².